The molecule has 38 heavy (non-hydrogen) atoms. The molecular formula is C25H31N5O8. The number of nitrogens with one attached hydrogen (secondary N) is 3. The highest BCUT2D eigenvalue weighted by Crippen LogP contribution is 2.25. The van der Waals surface area contributed by atoms with Crippen molar-refractivity contribution >= 4 is 47.5 Å². The summed E-state index contributed by atoms with van der Waals surface area (Å²) in [6.07, 6.45) is 1.31. The van der Waals surface area contributed by atoms with Crippen molar-refractivity contribution in [1.29, 1.82) is 0 Å². The third kappa shape index (κ3) is 6.93. The van der Waals surface area contributed by atoms with Gasteiger partial charge in [-0.2, -0.15) is 0 Å². The number of hydrogen-bond donors (Lipinski definition) is 4. The monoisotopic (exact) mass is 529 g/mol. The third-order valence-corrected chi connectivity index (χ3v) is 6.26. The lowest BCUT2D eigenvalue weighted by atomic mass is 10.0. The van der Waals surface area contributed by atoms with Crippen LogP contribution >= 0.6 is 0 Å². The van der Waals surface area contributed by atoms with Crippen molar-refractivity contribution in [3.8, 4) is 0 Å². The van der Waals surface area contributed by atoms with Gasteiger partial charge in [0.2, 0.25) is 17.7 Å². The molecule has 2 aliphatic rings. The summed E-state index contributed by atoms with van der Waals surface area (Å²) in [5.41, 5.74) is 0.750. The molecule has 0 bridgehead atoms. The first kappa shape index (κ1) is 28.3. The highest BCUT2D eigenvalue weighted by molar-refractivity contribution is 6.00. The van der Waals surface area contributed by atoms with Gasteiger partial charge in [0.1, 0.15) is 18.4 Å². The molecular weight excluding hydrogens is 498 g/mol. The van der Waals surface area contributed by atoms with Crippen LogP contribution < -0.4 is 16.0 Å². The second-order valence-corrected chi connectivity index (χ2v) is 9.15. The maximum absolute atomic E-state index is 13.5. The minimum atomic E-state index is -1.29. The van der Waals surface area contributed by atoms with Gasteiger partial charge in [-0.15, -0.1) is 0 Å². The van der Waals surface area contributed by atoms with Crippen LogP contribution in [0.25, 0.3) is 0 Å². The van der Waals surface area contributed by atoms with Crippen molar-refractivity contribution in [2.45, 2.75) is 70.0 Å². The molecule has 0 unspecified atom stereocenters. The number of rotatable bonds is 10. The van der Waals surface area contributed by atoms with E-state index in [2.05, 4.69) is 16.0 Å². The summed E-state index contributed by atoms with van der Waals surface area (Å²) in [6.45, 7) is 2.08. The van der Waals surface area contributed by atoms with Gasteiger partial charge in [0, 0.05) is 30.6 Å². The van der Waals surface area contributed by atoms with Crippen LogP contribution in [0.4, 0.5) is 5.69 Å². The van der Waals surface area contributed by atoms with E-state index in [4.69, 9.17) is 5.11 Å². The van der Waals surface area contributed by atoms with Crippen molar-refractivity contribution in [2.75, 3.05) is 11.9 Å². The number of hydrogen-bond acceptors (Lipinski definition) is 7. The zero-order valence-electron chi connectivity index (χ0n) is 21.0. The molecule has 0 saturated carbocycles. The van der Waals surface area contributed by atoms with Crippen LogP contribution in [0.5, 0.6) is 0 Å². The number of carboxylic acids is 1. The smallest absolute Gasteiger partial charge is 0.305 e. The van der Waals surface area contributed by atoms with Crippen LogP contribution in [0.15, 0.2) is 24.3 Å². The number of amides is 5. The number of carboxylic acid groups (broad SMARTS) is 1. The molecule has 2 aliphatic heterocycles. The average Bonchev–Trinajstić information content (AvgIpc) is 3.00. The number of benzene rings is 1. The molecule has 13 nitrogen and oxygen atoms in total. The summed E-state index contributed by atoms with van der Waals surface area (Å²) in [4.78, 5) is 86.1. The van der Waals surface area contributed by atoms with E-state index >= 15 is 0 Å². The number of nitrogens with zero attached hydrogens (tertiary/aromatic N) is 2. The van der Waals surface area contributed by atoms with Gasteiger partial charge < -0.3 is 25.9 Å². The SMILES string of the molecule is CCCC(=O)Nc1ccc(C(=O)N[C@H]2CCC(=O)N3CCC[C@@H](C(=O)N[C@H](C=O)CC(=O)O)N3C2=O)cc1. The first-order chi connectivity index (χ1) is 18.1. The highest BCUT2D eigenvalue weighted by atomic mass is 16.4. The molecule has 2 saturated heterocycles. The first-order valence-electron chi connectivity index (χ1n) is 12.5. The van der Waals surface area contributed by atoms with Gasteiger partial charge in [-0.05, 0) is 49.9 Å². The van der Waals surface area contributed by atoms with Crippen LogP contribution in [0.1, 0.15) is 62.2 Å². The fourth-order valence-electron chi connectivity index (χ4n) is 4.40. The van der Waals surface area contributed by atoms with Gasteiger partial charge in [0.25, 0.3) is 11.8 Å². The molecule has 0 radical (unpaired) electrons. The first-order valence-corrected chi connectivity index (χ1v) is 12.5. The Labute approximate surface area is 218 Å². The Morgan fingerprint density at radius 3 is 2.47 bits per heavy atom. The zero-order chi connectivity index (χ0) is 27.8. The Kier molecular flexibility index (Phi) is 9.52. The van der Waals surface area contributed by atoms with E-state index in [9.17, 15) is 33.6 Å². The van der Waals surface area contributed by atoms with E-state index in [1.807, 2.05) is 6.92 Å². The molecule has 3 atom stereocenters. The van der Waals surface area contributed by atoms with Crippen LogP contribution in [-0.2, 0) is 28.8 Å². The summed E-state index contributed by atoms with van der Waals surface area (Å²) in [5, 5.41) is 18.8. The molecule has 0 aliphatic carbocycles. The lowest BCUT2D eigenvalue weighted by Crippen LogP contribution is -2.64. The maximum atomic E-state index is 13.5. The van der Waals surface area contributed by atoms with Crippen LogP contribution in [-0.4, -0.2) is 81.6 Å². The molecule has 13 heteroatoms. The normalized spacial score (nSPS) is 20.0. The third-order valence-electron chi connectivity index (χ3n) is 6.26. The fraction of sp³-hybridized carbons (Fsp3) is 0.480. The van der Waals surface area contributed by atoms with Gasteiger partial charge in [0.15, 0.2) is 0 Å². The van der Waals surface area contributed by atoms with Gasteiger partial charge in [-0.3, -0.25) is 33.8 Å². The lowest BCUT2D eigenvalue weighted by molar-refractivity contribution is -0.176. The summed E-state index contributed by atoms with van der Waals surface area (Å²) in [6, 6.07) is 2.57. The molecule has 0 aromatic heterocycles. The van der Waals surface area contributed by atoms with Gasteiger partial charge in [0.05, 0.1) is 12.5 Å². The van der Waals surface area contributed by atoms with Crippen molar-refractivity contribution in [1.82, 2.24) is 20.7 Å². The average molecular weight is 530 g/mol. The summed E-state index contributed by atoms with van der Waals surface area (Å²) < 4.78 is 0. The van der Waals surface area contributed by atoms with E-state index in [1.165, 1.54) is 17.1 Å². The molecule has 204 valence electrons. The molecule has 5 amide bonds. The molecule has 1 aromatic rings. The molecule has 3 rings (SSSR count). The number of carbonyl (C=O) groups is 7. The quantitative estimate of drug-likeness (QED) is 0.310. The van der Waals surface area contributed by atoms with E-state index in [1.54, 1.807) is 12.1 Å². The number of aldehydes is 1. The minimum absolute atomic E-state index is 0.0197. The summed E-state index contributed by atoms with van der Waals surface area (Å²) in [7, 11) is 0. The molecule has 2 heterocycles. The number of fused-ring (bicyclic) bond motifs is 1. The van der Waals surface area contributed by atoms with Crippen molar-refractivity contribution in [3.05, 3.63) is 29.8 Å². The topological polar surface area (TPSA) is 182 Å². The van der Waals surface area contributed by atoms with Gasteiger partial charge in [-0.25, -0.2) is 5.01 Å². The van der Waals surface area contributed by atoms with Gasteiger partial charge in [-0.1, -0.05) is 6.92 Å². The second-order valence-electron chi connectivity index (χ2n) is 9.15. The molecule has 1 aromatic carbocycles. The largest absolute Gasteiger partial charge is 0.481 e. The van der Waals surface area contributed by atoms with Crippen molar-refractivity contribution < 1.29 is 38.7 Å². The lowest BCUT2D eigenvalue weighted by Gasteiger charge is -2.43. The van der Waals surface area contributed by atoms with E-state index in [-0.39, 0.29) is 37.3 Å². The van der Waals surface area contributed by atoms with Gasteiger partial charge >= 0.3 is 5.97 Å². The van der Waals surface area contributed by atoms with E-state index in [0.717, 1.165) is 5.01 Å². The zero-order valence-corrected chi connectivity index (χ0v) is 21.0. The number of hydrazine groups is 1. The number of carbonyl (C=O) groups excluding carboxylic acids is 6. The highest BCUT2D eigenvalue weighted by Gasteiger charge is 2.45. The standard InChI is InChI=1S/C25H31N5O8/c1-2-4-20(32)26-16-8-6-15(7-9-16)23(36)28-18-10-11-21(33)29-12-3-5-19(30(29)25(18)38)24(37)27-17(14-31)13-22(34)35/h6-9,14,17-19H,2-5,10-13H2,1H3,(H,26,32)(H,27,37)(H,28,36)(H,34,35)/t17-,18-,19-/m0/s1. The molecule has 2 fully saturated rings. The van der Waals surface area contributed by atoms with Crippen LogP contribution in [0.3, 0.4) is 0 Å². The second kappa shape index (κ2) is 12.8. The van der Waals surface area contributed by atoms with Crippen molar-refractivity contribution in [2.24, 2.45) is 0 Å². The van der Waals surface area contributed by atoms with Crippen LogP contribution in [0.2, 0.25) is 0 Å². The Morgan fingerprint density at radius 2 is 1.84 bits per heavy atom. The fourth-order valence-corrected chi connectivity index (χ4v) is 4.40. The number of aliphatic carboxylic acids is 1. The molecule has 4 N–H and O–H groups in total. The Morgan fingerprint density at radius 1 is 1.13 bits per heavy atom. The summed E-state index contributed by atoms with van der Waals surface area (Å²) >= 11 is 0. The Hall–Kier alpha value is -4.29. The maximum Gasteiger partial charge on any atom is 0.305 e. The van der Waals surface area contributed by atoms with Crippen LogP contribution in [0, 0.1) is 0 Å². The number of anilines is 1. The minimum Gasteiger partial charge on any atom is -0.481 e. The van der Waals surface area contributed by atoms with Crippen molar-refractivity contribution in [3.63, 3.8) is 0 Å². The van der Waals surface area contributed by atoms with E-state index < -0.39 is 54.1 Å². The summed E-state index contributed by atoms with van der Waals surface area (Å²) in [5.74, 6) is -3.82. The predicted octanol–water partition coefficient (Wildman–Crippen LogP) is 0.210. The Bertz CT molecular complexity index is 1110. The van der Waals surface area contributed by atoms with E-state index in [0.29, 0.717) is 31.2 Å². The predicted molar refractivity (Wildman–Crippen MR) is 132 cm³/mol. The Balaban J connectivity index is 1.74. The molecule has 0 spiro atoms.